The van der Waals surface area contributed by atoms with E-state index in [1.807, 2.05) is 13.1 Å². The van der Waals surface area contributed by atoms with Crippen LogP contribution in [0, 0.1) is 0 Å². The lowest BCUT2D eigenvalue weighted by atomic mass is 10.3. The Morgan fingerprint density at radius 1 is 1.86 bits per heavy atom. The molecule has 0 spiro atoms. The Kier molecular flexibility index (Phi) is 1.28. The largest absolute Gasteiger partial charge is 0.288 e. The minimum absolute atomic E-state index is 0.839. The van der Waals surface area contributed by atoms with E-state index in [1.54, 1.807) is 0 Å². The average Bonchev–Trinajstić information content (AvgIpc) is 1.91. The molecule has 0 radical (unpaired) electrons. The monoisotopic (exact) mass is 159 g/mol. The van der Waals surface area contributed by atoms with E-state index in [-0.39, 0.29) is 0 Å². The first-order valence-electron chi connectivity index (χ1n) is 2.16. The highest BCUT2D eigenvalue weighted by Crippen LogP contribution is 2.14. The summed E-state index contributed by atoms with van der Waals surface area (Å²) in [6.45, 7) is 2.88. The summed E-state index contributed by atoms with van der Waals surface area (Å²) in [6, 6.07) is 0. The number of halogens is 1. The summed E-state index contributed by atoms with van der Waals surface area (Å²) in [5.41, 5.74) is 1.25. The van der Waals surface area contributed by atoms with Crippen LogP contribution in [0.4, 0.5) is 0 Å². The fourth-order valence-electron chi connectivity index (χ4n) is 0.457. The van der Waals surface area contributed by atoms with E-state index in [1.165, 1.54) is 10.1 Å². The summed E-state index contributed by atoms with van der Waals surface area (Å²) < 4.78 is 1.22. The van der Waals surface area contributed by atoms with E-state index < -0.39 is 0 Å². The molecule has 0 saturated carbocycles. The van der Waals surface area contributed by atoms with Crippen molar-refractivity contribution in [1.29, 1.82) is 0 Å². The highest BCUT2D eigenvalue weighted by molar-refractivity contribution is 9.11. The third kappa shape index (κ3) is 0.911. The van der Waals surface area contributed by atoms with Crippen LogP contribution in [0.2, 0.25) is 0 Å². The van der Waals surface area contributed by atoms with Gasteiger partial charge in [-0.25, -0.2) is 0 Å². The Hall–Kier alpha value is -0.110. The van der Waals surface area contributed by atoms with Gasteiger partial charge >= 0.3 is 0 Å². The Labute approximate surface area is 51.3 Å². The summed E-state index contributed by atoms with van der Waals surface area (Å²) in [5, 5.41) is 0. The van der Waals surface area contributed by atoms with E-state index in [9.17, 15) is 0 Å². The Morgan fingerprint density at radius 3 is 2.71 bits per heavy atom. The molecule has 0 aromatic carbocycles. The zero-order valence-corrected chi connectivity index (χ0v) is 5.70. The van der Waals surface area contributed by atoms with Gasteiger partial charge in [0.15, 0.2) is 0 Å². The number of nitrogens with zero attached hydrogens (tertiary/aromatic N) is 1. The molecule has 0 amide bonds. The predicted molar refractivity (Wildman–Crippen MR) is 35.0 cm³/mol. The molecule has 0 aromatic heterocycles. The maximum Gasteiger partial charge on any atom is 0.0708 e. The van der Waals surface area contributed by atoms with Crippen molar-refractivity contribution >= 4 is 22.1 Å². The summed E-state index contributed by atoms with van der Waals surface area (Å²) in [6.07, 6.45) is 1.88. The summed E-state index contributed by atoms with van der Waals surface area (Å²) in [7, 11) is 0. The van der Waals surface area contributed by atoms with Crippen LogP contribution in [0.25, 0.3) is 0 Å². The Bertz CT molecular complexity index is 135. The van der Waals surface area contributed by atoms with Crippen molar-refractivity contribution < 1.29 is 0 Å². The normalized spacial score (nSPS) is 19.1. The molecule has 1 aliphatic rings. The van der Waals surface area contributed by atoms with Gasteiger partial charge in [0.25, 0.3) is 0 Å². The SMILES string of the molecule is CC1=C(Br)CN=C1. The minimum atomic E-state index is 0.839. The fraction of sp³-hybridized carbons (Fsp3) is 0.400. The van der Waals surface area contributed by atoms with Gasteiger partial charge in [0.2, 0.25) is 0 Å². The molecule has 0 fully saturated rings. The first-order chi connectivity index (χ1) is 3.30. The molecule has 0 bridgehead atoms. The van der Waals surface area contributed by atoms with E-state index >= 15 is 0 Å². The van der Waals surface area contributed by atoms with Gasteiger partial charge in [0.1, 0.15) is 0 Å². The molecular formula is C5H6BrN. The number of hydrogen-bond acceptors (Lipinski definition) is 1. The van der Waals surface area contributed by atoms with Crippen LogP contribution in [0.1, 0.15) is 6.92 Å². The predicted octanol–water partition coefficient (Wildman–Crippen LogP) is 1.74. The molecule has 1 heterocycles. The van der Waals surface area contributed by atoms with Crippen molar-refractivity contribution in [3.63, 3.8) is 0 Å². The highest BCUT2D eigenvalue weighted by atomic mass is 79.9. The smallest absolute Gasteiger partial charge is 0.0708 e. The summed E-state index contributed by atoms with van der Waals surface area (Å²) in [4.78, 5) is 4.00. The van der Waals surface area contributed by atoms with Crippen molar-refractivity contribution in [3.05, 3.63) is 10.1 Å². The number of rotatable bonds is 0. The van der Waals surface area contributed by atoms with Crippen LogP contribution in [0.5, 0.6) is 0 Å². The standard InChI is InChI=1S/C5H6BrN/c1-4-2-7-3-5(4)6/h2H,3H2,1H3. The average molecular weight is 160 g/mol. The van der Waals surface area contributed by atoms with Crippen LogP contribution in [0.15, 0.2) is 15.0 Å². The van der Waals surface area contributed by atoms with Crippen molar-refractivity contribution in [2.24, 2.45) is 4.99 Å². The number of allylic oxidation sites excluding steroid dienone is 1. The van der Waals surface area contributed by atoms with Crippen molar-refractivity contribution in [3.8, 4) is 0 Å². The minimum Gasteiger partial charge on any atom is -0.288 e. The lowest BCUT2D eigenvalue weighted by Crippen LogP contribution is -1.71. The molecule has 0 unspecified atom stereocenters. The maximum atomic E-state index is 4.00. The molecule has 1 aliphatic heterocycles. The molecular weight excluding hydrogens is 154 g/mol. The van der Waals surface area contributed by atoms with E-state index in [0.29, 0.717) is 0 Å². The van der Waals surface area contributed by atoms with Crippen LogP contribution in [0.3, 0.4) is 0 Å². The number of hydrogen-bond donors (Lipinski definition) is 0. The Morgan fingerprint density at radius 2 is 2.57 bits per heavy atom. The Balaban J connectivity index is 2.79. The van der Waals surface area contributed by atoms with Crippen LogP contribution < -0.4 is 0 Å². The molecule has 0 aromatic rings. The maximum absolute atomic E-state index is 4.00. The zero-order valence-electron chi connectivity index (χ0n) is 4.11. The molecule has 1 nitrogen and oxygen atoms in total. The molecule has 0 N–H and O–H groups in total. The second-order valence-electron chi connectivity index (χ2n) is 1.56. The third-order valence-electron chi connectivity index (χ3n) is 0.943. The van der Waals surface area contributed by atoms with Crippen LogP contribution >= 0.6 is 15.9 Å². The second-order valence-corrected chi connectivity index (χ2v) is 2.51. The van der Waals surface area contributed by atoms with Gasteiger partial charge in [-0.2, -0.15) is 0 Å². The first kappa shape index (κ1) is 5.04. The first-order valence-corrected chi connectivity index (χ1v) is 2.95. The van der Waals surface area contributed by atoms with Gasteiger partial charge in [-0.3, -0.25) is 4.99 Å². The van der Waals surface area contributed by atoms with Gasteiger partial charge in [-0.15, -0.1) is 0 Å². The molecule has 0 saturated heterocycles. The summed E-state index contributed by atoms with van der Waals surface area (Å²) in [5.74, 6) is 0. The quantitative estimate of drug-likeness (QED) is 0.511. The van der Waals surface area contributed by atoms with Gasteiger partial charge < -0.3 is 0 Å². The molecule has 2 heteroatoms. The van der Waals surface area contributed by atoms with Gasteiger partial charge in [0.05, 0.1) is 6.54 Å². The fourth-order valence-corrected chi connectivity index (χ4v) is 0.705. The van der Waals surface area contributed by atoms with E-state index in [2.05, 4.69) is 20.9 Å². The van der Waals surface area contributed by atoms with E-state index in [4.69, 9.17) is 0 Å². The van der Waals surface area contributed by atoms with Crippen LogP contribution in [-0.4, -0.2) is 12.8 Å². The van der Waals surface area contributed by atoms with Crippen molar-refractivity contribution in [1.82, 2.24) is 0 Å². The number of aliphatic imine (C=N–C) groups is 1. The second kappa shape index (κ2) is 1.78. The van der Waals surface area contributed by atoms with Crippen molar-refractivity contribution in [2.75, 3.05) is 6.54 Å². The van der Waals surface area contributed by atoms with Gasteiger partial charge in [-0.1, -0.05) is 15.9 Å². The molecule has 7 heavy (non-hydrogen) atoms. The van der Waals surface area contributed by atoms with E-state index in [0.717, 1.165) is 6.54 Å². The summed E-state index contributed by atoms with van der Waals surface area (Å²) >= 11 is 3.36. The van der Waals surface area contributed by atoms with Gasteiger partial charge in [-0.05, 0) is 12.5 Å². The lowest BCUT2D eigenvalue weighted by Gasteiger charge is -1.82. The molecule has 0 aliphatic carbocycles. The van der Waals surface area contributed by atoms with Gasteiger partial charge in [0, 0.05) is 10.7 Å². The van der Waals surface area contributed by atoms with Crippen LogP contribution in [-0.2, 0) is 0 Å². The molecule has 0 atom stereocenters. The third-order valence-corrected chi connectivity index (χ3v) is 1.82. The highest BCUT2D eigenvalue weighted by Gasteiger charge is 1.99. The lowest BCUT2D eigenvalue weighted by molar-refractivity contribution is 1.27. The molecule has 38 valence electrons. The zero-order chi connectivity index (χ0) is 5.28. The van der Waals surface area contributed by atoms with Crippen molar-refractivity contribution in [2.45, 2.75) is 6.92 Å². The topological polar surface area (TPSA) is 12.4 Å². The molecule has 1 rings (SSSR count).